The Bertz CT molecular complexity index is 734. The van der Waals surface area contributed by atoms with Crippen molar-refractivity contribution in [1.82, 2.24) is 0 Å². The number of nitrogens with two attached hydrogens (primary N) is 1. The van der Waals surface area contributed by atoms with Crippen molar-refractivity contribution in [1.29, 1.82) is 0 Å². The van der Waals surface area contributed by atoms with Crippen LogP contribution in [0.25, 0.3) is 0 Å². The molecule has 0 heterocycles. The van der Waals surface area contributed by atoms with Gasteiger partial charge in [-0.05, 0) is 48.1 Å². The molecule has 0 unspecified atom stereocenters. The van der Waals surface area contributed by atoms with Gasteiger partial charge in [-0.3, -0.25) is 0 Å². The van der Waals surface area contributed by atoms with Crippen molar-refractivity contribution in [3.63, 3.8) is 0 Å². The number of hydrogen-bond donors (Lipinski definition) is 2. The van der Waals surface area contributed by atoms with E-state index in [4.69, 9.17) is 27.4 Å². The molecule has 2 rings (SSSR count). The highest BCUT2D eigenvalue weighted by molar-refractivity contribution is 7.80. The Kier molecular flexibility index (Phi) is 5.37. The summed E-state index contributed by atoms with van der Waals surface area (Å²) in [6.07, 6.45) is 1.56. The van der Waals surface area contributed by atoms with Crippen molar-refractivity contribution >= 4 is 29.2 Å². The summed E-state index contributed by atoms with van der Waals surface area (Å²) in [4.78, 5) is 0. The number of phenolic OH excluding ortho intramolecular Hbond substituents is 1. The van der Waals surface area contributed by atoms with Gasteiger partial charge < -0.3 is 20.3 Å². The third-order valence-electron chi connectivity index (χ3n) is 3.05. The van der Waals surface area contributed by atoms with E-state index in [0.717, 1.165) is 5.56 Å². The topological polar surface area (TPSA) is 80.3 Å². The van der Waals surface area contributed by atoms with Gasteiger partial charge in [0.2, 0.25) is 0 Å². The van der Waals surface area contributed by atoms with Gasteiger partial charge in [0.05, 0.1) is 20.4 Å². The van der Waals surface area contributed by atoms with Gasteiger partial charge >= 0.3 is 0 Å². The first-order valence-corrected chi connectivity index (χ1v) is 7.11. The second-order valence-corrected chi connectivity index (χ2v) is 4.92. The fourth-order valence-electron chi connectivity index (χ4n) is 1.94. The van der Waals surface area contributed by atoms with Crippen molar-refractivity contribution in [2.45, 2.75) is 0 Å². The molecule has 0 spiro atoms. The lowest BCUT2D eigenvalue weighted by atomic mass is 10.2. The number of anilines is 1. The lowest BCUT2D eigenvalue weighted by Crippen LogP contribution is -2.31. The monoisotopic (exact) mass is 331 g/mol. The fourth-order valence-corrected chi connectivity index (χ4v) is 2.09. The smallest absolute Gasteiger partial charge is 0.191 e. The molecule has 3 N–H and O–H groups in total. The van der Waals surface area contributed by atoms with Crippen LogP contribution in [-0.2, 0) is 0 Å². The molecular weight excluding hydrogens is 314 g/mol. The minimum Gasteiger partial charge on any atom is -0.504 e. The van der Waals surface area contributed by atoms with E-state index < -0.39 is 0 Å². The van der Waals surface area contributed by atoms with Crippen molar-refractivity contribution in [2.24, 2.45) is 10.8 Å². The molecule has 0 aliphatic carbocycles. The molecular formula is C16H17N3O3S. The number of ether oxygens (including phenoxy) is 2. The van der Waals surface area contributed by atoms with Crippen LogP contribution >= 0.6 is 12.2 Å². The van der Waals surface area contributed by atoms with E-state index >= 15 is 0 Å². The first kappa shape index (κ1) is 16.6. The van der Waals surface area contributed by atoms with Crippen LogP contribution < -0.4 is 20.2 Å². The van der Waals surface area contributed by atoms with Gasteiger partial charge in [0.25, 0.3) is 0 Å². The number of thiocarbonyl (C=S) groups is 1. The molecule has 0 aliphatic rings. The normalized spacial score (nSPS) is 10.5. The number of hydrogen-bond acceptors (Lipinski definition) is 5. The van der Waals surface area contributed by atoms with Crippen LogP contribution in [0.3, 0.4) is 0 Å². The van der Waals surface area contributed by atoms with Gasteiger partial charge in [0, 0.05) is 0 Å². The van der Waals surface area contributed by atoms with Crippen molar-refractivity contribution in [2.75, 3.05) is 19.2 Å². The van der Waals surface area contributed by atoms with Crippen LogP contribution in [0, 0.1) is 0 Å². The molecule has 23 heavy (non-hydrogen) atoms. The van der Waals surface area contributed by atoms with Crippen LogP contribution in [0.4, 0.5) is 5.69 Å². The molecule has 7 heteroatoms. The van der Waals surface area contributed by atoms with E-state index in [2.05, 4.69) is 5.10 Å². The number of rotatable bonds is 5. The minimum atomic E-state index is 0.0561. The number of methoxy groups -OCH3 is 2. The van der Waals surface area contributed by atoms with Crippen LogP contribution in [0.1, 0.15) is 5.56 Å². The molecule has 6 nitrogen and oxygen atoms in total. The van der Waals surface area contributed by atoms with E-state index in [9.17, 15) is 5.11 Å². The zero-order chi connectivity index (χ0) is 16.8. The molecule has 0 fully saturated rings. The molecule has 0 radical (unpaired) electrons. The van der Waals surface area contributed by atoms with E-state index in [0.29, 0.717) is 17.2 Å². The maximum absolute atomic E-state index is 9.61. The molecule has 0 aromatic heterocycles. The third kappa shape index (κ3) is 3.89. The van der Waals surface area contributed by atoms with Gasteiger partial charge in [-0.25, -0.2) is 5.01 Å². The van der Waals surface area contributed by atoms with Gasteiger partial charge in [-0.1, -0.05) is 12.1 Å². The zero-order valence-electron chi connectivity index (χ0n) is 12.8. The Morgan fingerprint density at radius 2 is 1.87 bits per heavy atom. The SMILES string of the molecule is COc1cc(/C=N/N(C(N)=S)c2ccccc2OC)ccc1O. The van der Waals surface area contributed by atoms with Crippen molar-refractivity contribution in [3.8, 4) is 17.2 Å². The zero-order valence-corrected chi connectivity index (χ0v) is 13.6. The molecule has 0 aliphatic heterocycles. The first-order chi connectivity index (χ1) is 11.1. The highest BCUT2D eigenvalue weighted by atomic mass is 32.1. The van der Waals surface area contributed by atoms with Gasteiger partial charge in [0.1, 0.15) is 11.4 Å². The molecule has 120 valence electrons. The highest BCUT2D eigenvalue weighted by Crippen LogP contribution is 2.28. The average Bonchev–Trinajstić information content (AvgIpc) is 2.56. The van der Waals surface area contributed by atoms with Gasteiger partial charge in [-0.2, -0.15) is 5.10 Å². The van der Waals surface area contributed by atoms with Crippen LogP contribution in [0.5, 0.6) is 17.2 Å². The Labute approximate surface area is 139 Å². The summed E-state index contributed by atoms with van der Waals surface area (Å²) in [5, 5.41) is 15.4. The fraction of sp³-hybridized carbons (Fsp3) is 0.125. The van der Waals surface area contributed by atoms with Crippen molar-refractivity contribution < 1.29 is 14.6 Å². The molecule has 2 aromatic rings. The van der Waals surface area contributed by atoms with Crippen molar-refractivity contribution in [3.05, 3.63) is 48.0 Å². The second kappa shape index (κ2) is 7.46. The lowest BCUT2D eigenvalue weighted by Gasteiger charge is -2.19. The first-order valence-electron chi connectivity index (χ1n) is 6.70. The molecule has 0 saturated carbocycles. The third-order valence-corrected chi connectivity index (χ3v) is 3.22. The van der Waals surface area contributed by atoms with E-state index in [-0.39, 0.29) is 10.9 Å². The number of benzene rings is 2. The molecule has 0 bridgehead atoms. The van der Waals surface area contributed by atoms with E-state index in [1.807, 2.05) is 12.1 Å². The summed E-state index contributed by atoms with van der Waals surface area (Å²) in [5.74, 6) is 1.01. The molecule has 2 aromatic carbocycles. The molecule has 0 amide bonds. The maximum atomic E-state index is 9.61. The molecule has 0 atom stereocenters. The number of nitrogens with zero attached hydrogens (tertiary/aromatic N) is 2. The average molecular weight is 331 g/mol. The predicted octanol–water partition coefficient (Wildman–Crippen LogP) is 2.49. The quantitative estimate of drug-likeness (QED) is 0.498. The van der Waals surface area contributed by atoms with Crippen LogP contribution in [-0.4, -0.2) is 30.7 Å². The van der Waals surface area contributed by atoms with Gasteiger partial charge in [0.15, 0.2) is 16.6 Å². The molecule has 0 saturated heterocycles. The predicted molar refractivity (Wildman–Crippen MR) is 94.5 cm³/mol. The summed E-state index contributed by atoms with van der Waals surface area (Å²) < 4.78 is 10.4. The summed E-state index contributed by atoms with van der Waals surface area (Å²) in [5.41, 5.74) is 7.11. The Morgan fingerprint density at radius 1 is 1.17 bits per heavy atom. The summed E-state index contributed by atoms with van der Waals surface area (Å²) in [7, 11) is 3.04. The standard InChI is InChI=1S/C16H17N3O3S/c1-21-14-6-4-3-5-12(14)19(16(17)23)18-10-11-7-8-13(20)15(9-11)22-2/h3-10,20H,1-2H3,(H2,17,23)/b18-10+. The Balaban J connectivity index is 2.35. The van der Waals surface area contributed by atoms with Gasteiger partial charge in [-0.15, -0.1) is 0 Å². The summed E-state index contributed by atoms with van der Waals surface area (Å²) >= 11 is 5.06. The van der Waals surface area contributed by atoms with Crippen LogP contribution in [0.2, 0.25) is 0 Å². The number of hydrazone groups is 1. The highest BCUT2D eigenvalue weighted by Gasteiger charge is 2.13. The second-order valence-electron chi connectivity index (χ2n) is 4.50. The Hall–Kier alpha value is -2.80. The largest absolute Gasteiger partial charge is 0.504 e. The number of para-hydroxylation sites is 2. The minimum absolute atomic E-state index is 0.0561. The Morgan fingerprint density at radius 3 is 2.52 bits per heavy atom. The number of phenols is 1. The van der Waals surface area contributed by atoms with Crippen LogP contribution in [0.15, 0.2) is 47.6 Å². The lowest BCUT2D eigenvalue weighted by molar-refractivity contribution is 0.373. The number of aromatic hydroxyl groups is 1. The van der Waals surface area contributed by atoms with E-state index in [1.54, 1.807) is 37.6 Å². The summed E-state index contributed by atoms with van der Waals surface area (Å²) in [6.45, 7) is 0. The summed E-state index contributed by atoms with van der Waals surface area (Å²) in [6, 6.07) is 12.1. The van der Waals surface area contributed by atoms with E-state index in [1.165, 1.54) is 18.2 Å². The maximum Gasteiger partial charge on any atom is 0.191 e.